The first kappa shape index (κ1) is 18.5. The van der Waals surface area contributed by atoms with E-state index >= 15 is 0 Å². The zero-order valence-corrected chi connectivity index (χ0v) is 17.1. The second kappa shape index (κ2) is 6.64. The van der Waals surface area contributed by atoms with Crippen LogP contribution >= 0.6 is 0 Å². The van der Waals surface area contributed by atoms with Gasteiger partial charge in [0.25, 0.3) is 0 Å². The molecule has 2 aromatic carbocycles. The molecule has 4 nitrogen and oxygen atoms in total. The van der Waals surface area contributed by atoms with Gasteiger partial charge in [-0.2, -0.15) is 0 Å². The maximum absolute atomic E-state index is 11.5. The number of aryl methyl sites for hydroxylation is 1. The minimum atomic E-state index is -3.24. The predicted octanol–water partition coefficient (Wildman–Crippen LogP) is 3.64. The van der Waals surface area contributed by atoms with Gasteiger partial charge in [0.05, 0.1) is 6.26 Å². The van der Waals surface area contributed by atoms with Gasteiger partial charge in [-0.15, -0.1) is 0 Å². The van der Waals surface area contributed by atoms with E-state index in [1.807, 2.05) is 18.2 Å². The molecule has 1 N–H and O–H groups in total. The van der Waals surface area contributed by atoms with Crippen LogP contribution < -0.4 is 4.72 Å². The Balaban J connectivity index is 1.42. The highest BCUT2D eigenvalue weighted by atomic mass is 32.2. The Labute approximate surface area is 162 Å². The second-order valence-electron chi connectivity index (χ2n) is 8.31. The van der Waals surface area contributed by atoms with Crippen molar-refractivity contribution in [2.75, 3.05) is 24.1 Å². The van der Waals surface area contributed by atoms with Gasteiger partial charge in [-0.3, -0.25) is 9.62 Å². The van der Waals surface area contributed by atoms with Crippen LogP contribution in [-0.4, -0.2) is 32.7 Å². The molecule has 1 saturated heterocycles. The maximum atomic E-state index is 11.5. The molecule has 0 bridgehead atoms. The molecule has 27 heavy (non-hydrogen) atoms. The fraction of sp³-hybridized carbons (Fsp3) is 0.455. The van der Waals surface area contributed by atoms with Crippen molar-refractivity contribution in [2.24, 2.45) is 11.8 Å². The molecule has 1 saturated carbocycles. The highest BCUT2D eigenvalue weighted by Gasteiger charge is 2.65. The summed E-state index contributed by atoms with van der Waals surface area (Å²) in [5, 5.41) is 0. The van der Waals surface area contributed by atoms with Crippen LogP contribution in [0, 0.1) is 11.8 Å². The molecule has 1 aliphatic carbocycles. The summed E-state index contributed by atoms with van der Waals surface area (Å²) in [6.07, 6.45) is 2.28. The number of hydrogen-bond donors (Lipinski definition) is 1. The summed E-state index contributed by atoms with van der Waals surface area (Å²) in [6.45, 7) is 7.75. The van der Waals surface area contributed by atoms with Gasteiger partial charge >= 0.3 is 0 Å². The number of nitrogens with one attached hydrogen (secondary N) is 1. The SMILES string of the molecule is CCc1ccc(CN2CC3C(C2)C3(C)c2cccc(NS(C)(=O)=O)c2)cc1. The fourth-order valence-corrected chi connectivity index (χ4v) is 5.35. The van der Waals surface area contributed by atoms with E-state index in [2.05, 4.69) is 53.8 Å². The number of rotatable bonds is 6. The van der Waals surface area contributed by atoms with Gasteiger partial charge in [-0.1, -0.05) is 50.2 Å². The van der Waals surface area contributed by atoms with Crippen LogP contribution in [0.3, 0.4) is 0 Å². The minimum absolute atomic E-state index is 0.164. The van der Waals surface area contributed by atoms with Crippen LogP contribution in [-0.2, 0) is 28.4 Å². The third kappa shape index (κ3) is 3.63. The van der Waals surface area contributed by atoms with E-state index in [0.29, 0.717) is 17.5 Å². The minimum Gasteiger partial charge on any atom is -0.298 e. The Hall–Kier alpha value is -1.85. The topological polar surface area (TPSA) is 49.4 Å². The number of likely N-dealkylation sites (tertiary alicyclic amines) is 1. The lowest BCUT2D eigenvalue weighted by Crippen LogP contribution is -2.28. The average molecular weight is 385 g/mol. The number of nitrogens with zero attached hydrogens (tertiary/aromatic N) is 1. The van der Waals surface area contributed by atoms with Gasteiger partial charge in [0, 0.05) is 30.7 Å². The van der Waals surface area contributed by atoms with Crippen molar-refractivity contribution in [2.45, 2.75) is 32.2 Å². The zero-order valence-electron chi connectivity index (χ0n) is 16.3. The molecule has 144 valence electrons. The largest absolute Gasteiger partial charge is 0.298 e. The number of hydrogen-bond acceptors (Lipinski definition) is 3. The molecule has 1 heterocycles. The third-order valence-corrected chi connectivity index (χ3v) is 7.06. The normalized spacial score (nSPS) is 27.4. The quantitative estimate of drug-likeness (QED) is 0.827. The summed E-state index contributed by atoms with van der Waals surface area (Å²) >= 11 is 0. The van der Waals surface area contributed by atoms with Gasteiger partial charge in [-0.05, 0) is 47.1 Å². The molecule has 0 radical (unpaired) electrons. The number of benzene rings is 2. The van der Waals surface area contributed by atoms with E-state index in [1.54, 1.807) is 0 Å². The first-order chi connectivity index (χ1) is 12.8. The van der Waals surface area contributed by atoms with E-state index in [-0.39, 0.29) is 5.41 Å². The first-order valence-corrected chi connectivity index (χ1v) is 11.6. The predicted molar refractivity (Wildman–Crippen MR) is 110 cm³/mol. The van der Waals surface area contributed by atoms with Crippen LogP contribution in [0.1, 0.15) is 30.5 Å². The van der Waals surface area contributed by atoms with Crippen molar-refractivity contribution < 1.29 is 8.42 Å². The highest BCUT2D eigenvalue weighted by molar-refractivity contribution is 7.92. The van der Waals surface area contributed by atoms with Gasteiger partial charge in [-0.25, -0.2) is 8.42 Å². The molecular weight excluding hydrogens is 356 g/mol. The molecule has 5 heteroatoms. The average Bonchev–Trinajstić information content (AvgIpc) is 2.98. The van der Waals surface area contributed by atoms with Crippen LogP contribution in [0.25, 0.3) is 0 Å². The summed E-state index contributed by atoms with van der Waals surface area (Å²) in [7, 11) is -3.24. The first-order valence-electron chi connectivity index (χ1n) is 9.68. The molecule has 2 fully saturated rings. The fourth-order valence-electron chi connectivity index (χ4n) is 4.79. The molecule has 2 aliphatic rings. The molecule has 4 rings (SSSR count). The van der Waals surface area contributed by atoms with Crippen LogP contribution in [0.5, 0.6) is 0 Å². The summed E-state index contributed by atoms with van der Waals surface area (Å²) in [4.78, 5) is 2.55. The lowest BCUT2D eigenvalue weighted by Gasteiger charge is -2.25. The molecule has 1 aliphatic heterocycles. The highest BCUT2D eigenvalue weighted by Crippen LogP contribution is 2.63. The van der Waals surface area contributed by atoms with Crippen LogP contribution in [0.15, 0.2) is 48.5 Å². The van der Waals surface area contributed by atoms with E-state index in [4.69, 9.17) is 0 Å². The van der Waals surface area contributed by atoms with Crippen molar-refractivity contribution >= 4 is 15.7 Å². The molecule has 0 spiro atoms. The molecule has 2 aromatic rings. The van der Waals surface area contributed by atoms with E-state index in [0.717, 1.165) is 26.1 Å². The van der Waals surface area contributed by atoms with Crippen LogP contribution in [0.4, 0.5) is 5.69 Å². The Morgan fingerprint density at radius 2 is 1.70 bits per heavy atom. The van der Waals surface area contributed by atoms with Gasteiger partial charge in [0.2, 0.25) is 10.0 Å². The number of fused-ring (bicyclic) bond motifs is 1. The third-order valence-electron chi connectivity index (χ3n) is 6.45. The summed E-state index contributed by atoms with van der Waals surface area (Å²) in [5.41, 5.74) is 4.84. The van der Waals surface area contributed by atoms with Crippen LogP contribution in [0.2, 0.25) is 0 Å². The van der Waals surface area contributed by atoms with Crippen molar-refractivity contribution in [1.82, 2.24) is 4.90 Å². The standard InChI is InChI=1S/C22H28N2O2S/c1-4-16-8-10-17(11-9-16)13-24-14-20-21(15-24)22(20,2)18-6-5-7-19(12-18)23-27(3,25)26/h5-12,20-21,23H,4,13-15H2,1-3H3. The Kier molecular flexibility index (Phi) is 4.55. The Morgan fingerprint density at radius 3 is 2.30 bits per heavy atom. The number of sulfonamides is 1. The van der Waals surface area contributed by atoms with E-state index in [9.17, 15) is 8.42 Å². The monoisotopic (exact) mass is 384 g/mol. The molecule has 0 amide bonds. The van der Waals surface area contributed by atoms with Crippen molar-refractivity contribution in [3.8, 4) is 0 Å². The molecule has 2 atom stereocenters. The van der Waals surface area contributed by atoms with E-state index in [1.165, 1.54) is 22.9 Å². The molecule has 2 unspecified atom stereocenters. The summed E-state index contributed by atoms with van der Waals surface area (Å²) < 4.78 is 25.6. The Morgan fingerprint density at radius 1 is 1.07 bits per heavy atom. The van der Waals surface area contributed by atoms with Crippen molar-refractivity contribution in [1.29, 1.82) is 0 Å². The summed E-state index contributed by atoms with van der Waals surface area (Å²) in [6, 6.07) is 16.9. The number of piperidine rings is 1. The second-order valence-corrected chi connectivity index (χ2v) is 10.1. The smallest absolute Gasteiger partial charge is 0.229 e. The van der Waals surface area contributed by atoms with Gasteiger partial charge in [0.15, 0.2) is 0 Å². The molecular formula is C22H28N2O2S. The Bertz CT molecular complexity index is 925. The lowest BCUT2D eigenvalue weighted by atomic mass is 9.92. The van der Waals surface area contributed by atoms with Gasteiger partial charge < -0.3 is 0 Å². The number of anilines is 1. The lowest BCUT2D eigenvalue weighted by molar-refractivity contribution is 0.270. The maximum Gasteiger partial charge on any atom is 0.229 e. The van der Waals surface area contributed by atoms with Crippen molar-refractivity contribution in [3.63, 3.8) is 0 Å². The van der Waals surface area contributed by atoms with E-state index < -0.39 is 10.0 Å². The summed E-state index contributed by atoms with van der Waals surface area (Å²) in [5.74, 6) is 1.31. The van der Waals surface area contributed by atoms with Crippen molar-refractivity contribution in [3.05, 3.63) is 65.2 Å². The molecule has 0 aromatic heterocycles. The zero-order chi connectivity index (χ0) is 19.2. The van der Waals surface area contributed by atoms with Gasteiger partial charge in [0.1, 0.15) is 0 Å².